The maximum atomic E-state index is 11.8. The maximum Gasteiger partial charge on any atom is 0.178 e. The summed E-state index contributed by atoms with van der Waals surface area (Å²) in [6.07, 6.45) is 0.417. The van der Waals surface area contributed by atoms with Crippen LogP contribution in [0.4, 0.5) is 0 Å². The average molecular weight is 244 g/mol. The Kier molecular flexibility index (Phi) is 2.13. The van der Waals surface area contributed by atoms with Crippen LogP contribution in [0.3, 0.4) is 0 Å². The van der Waals surface area contributed by atoms with E-state index >= 15 is 0 Å². The van der Waals surface area contributed by atoms with Crippen LogP contribution < -0.4 is 0 Å². The standard InChI is InChI=1S/C13H8OS2/c14-9-6-8-3-1-2-7-4-5-10(15)12(11(7)8)13(9)16/h1-5,15H,6H2. The van der Waals surface area contributed by atoms with Gasteiger partial charge in [-0.1, -0.05) is 36.5 Å². The van der Waals surface area contributed by atoms with E-state index in [-0.39, 0.29) is 5.78 Å². The summed E-state index contributed by atoms with van der Waals surface area (Å²) in [5, 5.41) is 2.22. The van der Waals surface area contributed by atoms with Crippen molar-refractivity contribution in [1.82, 2.24) is 0 Å². The van der Waals surface area contributed by atoms with Crippen molar-refractivity contribution in [3.05, 3.63) is 41.5 Å². The highest BCUT2D eigenvalue weighted by Gasteiger charge is 2.24. The van der Waals surface area contributed by atoms with Crippen molar-refractivity contribution in [2.24, 2.45) is 0 Å². The molecule has 2 aromatic rings. The van der Waals surface area contributed by atoms with Gasteiger partial charge in [-0.15, -0.1) is 12.6 Å². The topological polar surface area (TPSA) is 17.1 Å². The molecule has 78 valence electrons. The Bertz CT molecular complexity index is 644. The molecule has 1 nitrogen and oxygen atoms in total. The van der Waals surface area contributed by atoms with E-state index in [4.69, 9.17) is 12.2 Å². The van der Waals surface area contributed by atoms with Gasteiger partial charge in [-0.3, -0.25) is 4.79 Å². The molecule has 16 heavy (non-hydrogen) atoms. The molecule has 0 aromatic heterocycles. The lowest BCUT2D eigenvalue weighted by atomic mass is 9.88. The van der Waals surface area contributed by atoms with E-state index in [9.17, 15) is 4.79 Å². The molecule has 0 N–H and O–H groups in total. The summed E-state index contributed by atoms with van der Waals surface area (Å²) in [6, 6.07) is 9.91. The minimum Gasteiger partial charge on any atom is -0.293 e. The second-order valence-corrected chi connectivity index (χ2v) is 4.79. The Balaban J connectivity index is 2.55. The summed E-state index contributed by atoms with van der Waals surface area (Å²) in [5.41, 5.74) is 1.89. The molecular weight excluding hydrogens is 236 g/mol. The highest BCUT2D eigenvalue weighted by molar-refractivity contribution is 7.83. The molecule has 0 heterocycles. The van der Waals surface area contributed by atoms with Gasteiger partial charge >= 0.3 is 0 Å². The predicted molar refractivity (Wildman–Crippen MR) is 71.6 cm³/mol. The number of thiol groups is 1. The maximum absolute atomic E-state index is 11.8. The molecule has 3 rings (SSSR count). The Morgan fingerprint density at radius 1 is 1.19 bits per heavy atom. The van der Waals surface area contributed by atoms with Crippen molar-refractivity contribution in [3.63, 3.8) is 0 Å². The van der Waals surface area contributed by atoms with Gasteiger partial charge in [0.25, 0.3) is 0 Å². The smallest absolute Gasteiger partial charge is 0.178 e. The highest BCUT2D eigenvalue weighted by atomic mass is 32.1. The fourth-order valence-electron chi connectivity index (χ4n) is 2.21. The van der Waals surface area contributed by atoms with Gasteiger partial charge in [-0.2, -0.15) is 0 Å². The number of carbonyl (C=O) groups is 1. The van der Waals surface area contributed by atoms with E-state index < -0.39 is 0 Å². The molecular formula is C13H8OS2. The molecule has 0 fully saturated rings. The molecule has 0 spiro atoms. The molecule has 0 unspecified atom stereocenters. The number of ketones is 1. The summed E-state index contributed by atoms with van der Waals surface area (Å²) in [6.45, 7) is 0. The van der Waals surface area contributed by atoms with Crippen LogP contribution in [0.2, 0.25) is 0 Å². The predicted octanol–water partition coefficient (Wildman–Crippen LogP) is 2.97. The average Bonchev–Trinajstić information content (AvgIpc) is 2.28. The third kappa shape index (κ3) is 1.25. The quantitative estimate of drug-likeness (QED) is 0.567. The summed E-state index contributed by atoms with van der Waals surface area (Å²) in [7, 11) is 0. The molecule has 1 aliphatic rings. The lowest BCUT2D eigenvalue weighted by Gasteiger charge is -2.18. The highest BCUT2D eigenvalue weighted by Crippen LogP contribution is 2.32. The second kappa shape index (κ2) is 3.40. The molecule has 3 heteroatoms. The van der Waals surface area contributed by atoms with E-state index in [1.54, 1.807) is 0 Å². The number of rotatable bonds is 0. The minimum absolute atomic E-state index is 0.0245. The van der Waals surface area contributed by atoms with Gasteiger partial charge in [0.1, 0.15) is 0 Å². The number of hydrogen-bond donors (Lipinski definition) is 1. The lowest BCUT2D eigenvalue weighted by Crippen LogP contribution is -2.21. The Labute approximate surface area is 104 Å². The number of carbonyl (C=O) groups excluding carboxylic acids is 1. The molecule has 2 aromatic carbocycles. The summed E-state index contributed by atoms with van der Waals surface area (Å²) in [4.78, 5) is 13.0. The van der Waals surface area contributed by atoms with E-state index in [0.717, 1.165) is 26.8 Å². The first kappa shape index (κ1) is 10.00. The van der Waals surface area contributed by atoms with Gasteiger partial charge in [0, 0.05) is 16.9 Å². The molecule has 0 amide bonds. The fraction of sp³-hybridized carbons (Fsp3) is 0.0769. The van der Waals surface area contributed by atoms with Crippen LogP contribution in [0, 0.1) is 0 Å². The van der Waals surface area contributed by atoms with Gasteiger partial charge in [0.2, 0.25) is 0 Å². The molecule has 0 aliphatic heterocycles. The first-order chi connectivity index (χ1) is 7.68. The van der Waals surface area contributed by atoms with Gasteiger partial charge < -0.3 is 0 Å². The van der Waals surface area contributed by atoms with Crippen LogP contribution in [0.5, 0.6) is 0 Å². The monoisotopic (exact) mass is 244 g/mol. The van der Waals surface area contributed by atoms with Crippen LogP contribution in [0.15, 0.2) is 35.2 Å². The third-order valence-electron chi connectivity index (χ3n) is 2.94. The Morgan fingerprint density at radius 3 is 2.81 bits per heavy atom. The summed E-state index contributed by atoms with van der Waals surface area (Å²) < 4.78 is 0. The lowest BCUT2D eigenvalue weighted by molar-refractivity contribution is -0.112. The van der Waals surface area contributed by atoms with Crippen LogP contribution in [0.25, 0.3) is 10.8 Å². The van der Waals surface area contributed by atoms with Crippen molar-refractivity contribution in [3.8, 4) is 0 Å². The number of hydrogen-bond acceptors (Lipinski definition) is 3. The van der Waals surface area contributed by atoms with Gasteiger partial charge in [-0.05, 0) is 22.4 Å². The zero-order valence-electron chi connectivity index (χ0n) is 8.36. The van der Waals surface area contributed by atoms with Crippen LogP contribution in [0.1, 0.15) is 11.1 Å². The van der Waals surface area contributed by atoms with E-state index in [0.29, 0.717) is 11.3 Å². The van der Waals surface area contributed by atoms with E-state index in [2.05, 4.69) is 12.6 Å². The van der Waals surface area contributed by atoms with Crippen LogP contribution in [-0.2, 0) is 11.2 Å². The Hall–Kier alpha value is -1.19. The zero-order valence-corrected chi connectivity index (χ0v) is 10.1. The zero-order chi connectivity index (χ0) is 11.3. The number of benzene rings is 2. The minimum atomic E-state index is 0.0245. The van der Waals surface area contributed by atoms with Crippen LogP contribution in [-0.4, -0.2) is 10.6 Å². The molecule has 0 bridgehead atoms. The largest absolute Gasteiger partial charge is 0.293 e. The van der Waals surface area contributed by atoms with Crippen molar-refractivity contribution in [2.75, 3.05) is 0 Å². The molecule has 1 aliphatic carbocycles. The molecule has 0 saturated heterocycles. The first-order valence-electron chi connectivity index (χ1n) is 4.99. The number of thiocarbonyl (C=S) groups is 1. The van der Waals surface area contributed by atoms with E-state index in [1.165, 1.54) is 0 Å². The SMILES string of the molecule is O=C1Cc2cccc3ccc(S)c(c23)C1=S. The summed E-state index contributed by atoms with van der Waals surface area (Å²) in [5.74, 6) is 0.0245. The van der Waals surface area contributed by atoms with Gasteiger partial charge in [0.05, 0.1) is 4.86 Å². The second-order valence-electron chi connectivity index (χ2n) is 3.90. The number of Topliss-reactive ketones (excluding diaryl/α,β-unsaturated/α-hetero) is 1. The van der Waals surface area contributed by atoms with Gasteiger partial charge in [0.15, 0.2) is 5.78 Å². The fourth-order valence-corrected chi connectivity index (χ4v) is 2.87. The first-order valence-corrected chi connectivity index (χ1v) is 5.85. The normalized spacial score (nSPS) is 14.6. The van der Waals surface area contributed by atoms with Crippen molar-refractivity contribution in [1.29, 1.82) is 0 Å². The van der Waals surface area contributed by atoms with Crippen molar-refractivity contribution < 1.29 is 4.79 Å². The molecule has 0 atom stereocenters. The van der Waals surface area contributed by atoms with Crippen molar-refractivity contribution >= 4 is 46.3 Å². The molecule has 0 saturated carbocycles. The van der Waals surface area contributed by atoms with Crippen LogP contribution >= 0.6 is 24.8 Å². The molecule has 0 radical (unpaired) electrons. The summed E-state index contributed by atoms with van der Waals surface area (Å²) >= 11 is 9.60. The van der Waals surface area contributed by atoms with E-state index in [1.807, 2.05) is 30.3 Å². The van der Waals surface area contributed by atoms with Crippen molar-refractivity contribution in [2.45, 2.75) is 11.3 Å². The van der Waals surface area contributed by atoms with Gasteiger partial charge in [-0.25, -0.2) is 0 Å². The third-order valence-corrected chi connectivity index (χ3v) is 3.75. The Morgan fingerprint density at radius 2 is 2.00 bits per heavy atom.